The number of hydrogen-bond donors (Lipinski definition) is 1. The van der Waals surface area contributed by atoms with Crippen LogP contribution in [0, 0.1) is 12.7 Å². The van der Waals surface area contributed by atoms with Gasteiger partial charge in [0, 0.05) is 17.8 Å². The van der Waals surface area contributed by atoms with Gasteiger partial charge >= 0.3 is 6.03 Å². The Bertz CT molecular complexity index is 639. The highest BCUT2D eigenvalue weighted by molar-refractivity contribution is 5.95. The number of benzene rings is 2. The molecule has 1 fully saturated rings. The van der Waals surface area contributed by atoms with Gasteiger partial charge in [0.15, 0.2) is 0 Å². The van der Waals surface area contributed by atoms with Crippen molar-refractivity contribution in [3.05, 3.63) is 65.5 Å². The minimum Gasteiger partial charge on any atom is -0.335 e. The number of carbonyl (C=O) groups excluding carboxylic acids is 1. The van der Waals surface area contributed by atoms with Crippen molar-refractivity contribution >= 4 is 11.7 Å². The second-order valence-corrected chi connectivity index (χ2v) is 4.93. The highest BCUT2D eigenvalue weighted by Crippen LogP contribution is 2.31. The van der Waals surface area contributed by atoms with Crippen LogP contribution in [0.2, 0.25) is 0 Å². The molecule has 1 aliphatic heterocycles. The van der Waals surface area contributed by atoms with Crippen molar-refractivity contribution in [2.75, 3.05) is 11.4 Å². The van der Waals surface area contributed by atoms with Crippen LogP contribution in [0.4, 0.5) is 14.9 Å². The number of amides is 2. The van der Waals surface area contributed by atoms with Crippen LogP contribution in [-0.4, -0.2) is 12.6 Å². The van der Waals surface area contributed by atoms with E-state index in [1.165, 1.54) is 6.07 Å². The molecule has 1 saturated heterocycles. The lowest BCUT2D eigenvalue weighted by molar-refractivity contribution is 0.251. The van der Waals surface area contributed by atoms with Crippen LogP contribution in [0.25, 0.3) is 0 Å². The van der Waals surface area contributed by atoms with Crippen LogP contribution in [0.3, 0.4) is 0 Å². The van der Waals surface area contributed by atoms with E-state index in [4.69, 9.17) is 0 Å². The number of anilines is 1. The van der Waals surface area contributed by atoms with Gasteiger partial charge in [-0.05, 0) is 25.1 Å². The zero-order valence-electron chi connectivity index (χ0n) is 11.1. The van der Waals surface area contributed by atoms with E-state index in [1.54, 1.807) is 23.1 Å². The summed E-state index contributed by atoms with van der Waals surface area (Å²) in [4.78, 5) is 13.7. The first kappa shape index (κ1) is 12.7. The van der Waals surface area contributed by atoms with Gasteiger partial charge in [0.2, 0.25) is 0 Å². The molecule has 102 valence electrons. The Balaban J connectivity index is 2.01. The molecule has 0 saturated carbocycles. The summed E-state index contributed by atoms with van der Waals surface area (Å²) in [6.45, 7) is 2.40. The van der Waals surface area contributed by atoms with Crippen molar-refractivity contribution in [1.29, 1.82) is 0 Å². The summed E-state index contributed by atoms with van der Waals surface area (Å²) >= 11 is 0. The Morgan fingerprint density at radius 3 is 2.55 bits per heavy atom. The van der Waals surface area contributed by atoms with Crippen molar-refractivity contribution in [2.24, 2.45) is 0 Å². The number of hydrogen-bond acceptors (Lipinski definition) is 1. The second kappa shape index (κ2) is 4.96. The Morgan fingerprint density at radius 2 is 1.85 bits per heavy atom. The van der Waals surface area contributed by atoms with Gasteiger partial charge in [-0.2, -0.15) is 0 Å². The average Bonchev–Trinajstić information content (AvgIpc) is 2.82. The lowest BCUT2D eigenvalue weighted by atomic mass is 10.1. The third kappa shape index (κ3) is 2.13. The zero-order chi connectivity index (χ0) is 14.1. The highest BCUT2D eigenvalue weighted by atomic mass is 19.1. The monoisotopic (exact) mass is 270 g/mol. The summed E-state index contributed by atoms with van der Waals surface area (Å²) in [6.07, 6.45) is 0. The smallest absolute Gasteiger partial charge is 0.322 e. The molecule has 3 rings (SSSR count). The highest BCUT2D eigenvalue weighted by Gasteiger charge is 2.34. The molecule has 2 amide bonds. The Morgan fingerprint density at radius 1 is 1.15 bits per heavy atom. The molecule has 2 aromatic carbocycles. The van der Waals surface area contributed by atoms with Crippen LogP contribution in [0.1, 0.15) is 17.2 Å². The maximum absolute atomic E-state index is 14.0. The number of aryl methyl sites for hydroxylation is 1. The van der Waals surface area contributed by atoms with Crippen molar-refractivity contribution in [3.63, 3.8) is 0 Å². The molecule has 1 unspecified atom stereocenters. The van der Waals surface area contributed by atoms with E-state index in [0.717, 1.165) is 11.3 Å². The molecule has 1 N–H and O–H groups in total. The largest absolute Gasteiger partial charge is 0.335 e. The van der Waals surface area contributed by atoms with Gasteiger partial charge in [-0.25, -0.2) is 9.18 Å². The minimum absolute atomic E-state index is 0.192. The van der Waals surface area contributed by atoms with E-state index in [2.05, 4.69) is 5.32 Å². The van der Waals surface area contributed by atoms with Crippen molar-refractivity contribution in [2.45, 2.75) is 13.0 Å². The normalized spacial score (nSPS) is 18.2. The molecule has 0 aliphatic carbocycles. The molecule has 0 spiro atoms. The number of nitrogens with zero attached hydrogens (tertiary/aromatic N) is 1. The fourth-order valence-corrected chi connectivity index (χ4v) is 2.50. The molecular weight excluding hydrogens is 255 g/mol. The molecule has 3 nitrogen and oxygen atoms in total. The lowest BCUT2D eigenvalue weighted by Gasteiger charge is -2.24. The quantitative estimate of drug-likeness (QED) is 0.891. The number of nitrogens with one attached hydrogen (secondary N) is 1. The third-order valence-electron chi connectivity index (χ3n) is 3.55. The molecule has 20 heavy (non-hydrogen) atoms. The Labute approximate surface area is 117 Å². The fraction of sp³-hybridized carbons (Fsp3) is 0.188. The summed E-state index contributed by atoms with van der Waals surface area (Å²) in [5, 5.41) is 2.78. The number of rotatable bonds is 2. The fourth-order valence-electron chi connectivity index (χ4n) is 2.50. The lowest BCUT2D eigenvalue weighted by Crippen LogP contribution is -2.29. The van der Waals surface area contributed by atoms with Crippen LogP contribution in [-0.2, 0) is 0 Å². The number of urea groups is 1. The molecule has 4 heteroatoms. The SMILES string of the molecule is Cc1ccc(N2C(=O)NCC2c2ccccc2F)cc1. The van der Waals surface area contributed by atoms with Gasteiger partial charge in [0.25, 0.3) is 0 Å². The average molecular weight is 270 g/mol. The molecule has 2 aromatic rings. The van der Waals surface area contributed by atoms with Gasteiger partial charge in [-0.1, -0.05) is 35.9 Å². The number of halogens is 1. The first-order valence-electron chi connectivity index (χ1n) is 6.55. The van der Waals surface area contributed by atoms with E-state index < -0.39 is 0 Å². The van der Waals surface area contributed by atoms with E-state index in [9.17, 15) is 9.18 Å². The predicted molar refractivity (Wildman–Crippen MR) is 76.2 cm³/mol. The summed E-state index contributed by atoms with van der Waals surface area (Å²) in [6, 6.07) is 13.7. The van der Waals surface area contributed by atoms with Crippen molar-refractivity contribution in [1.82, 2.24) is 5.32 Å². The van der Waals surface area contributed by atoms with E-state index in [0.29, 0.717) is 12.1 Å². The van der Waals surface area contributed by atoms with Crippen LogP contribution >= 0.6 is 0 Å². The van der Waals surface area contributed by atoms with Crippen LogP contribution in [0.15, 0.2) is 48.5 Å². The summed E-state index contributed by atoms with van der Waals surface area (Å²) in [5.74, 6) is -0.286. The minimum atomic E-state index is -0.314. The summed E-state index contributed by atoms with van der Waals surface area (Å²) in [7, 11) is 0. The number of carbonyl (C=O) groups is 1. The predicted octanol–water partition coefficient (Wildman–Crippen LogP) is 3.41. The molecule has 0 aromatic heterocycles. The Kier molecular flexibility index (Phi) is 3.14. The van der Waals surface area contributed by atoms with Gasteiger partial charge in [0.05, 0.1) is 6.04 Å². The first-order valence-corrected chi connectivity index (χ1v) is 6.55. The summed E-state index contributed by atoms with van der Waals surface area (Å²) in [5.41, 5.74) is 2.43. The molecule has 0 radical (unpaired) electrons. The van der Waals surface area contributed by atoms with E-state index in [-0.39, 0.29) is 17.9 Å². The third-order valence-corrected chi connectivity index (χ3v) is 3.55. The van der Waals surface area contributed by atoms with Crippen LogP contribution < -0.4 is 10.2 Å². The molecule has 0 bridgehead atoms. The molecular formula is C16H15FN2O. The maximum atomic E-state index is 14.0. The summed E-state index contributed by atoms with van der Waals surface area (Å²) < 4.78 is 14.0. The van der Waals surface area contributed by atoms with Gasteiger partial charge < -0.3 is 5.32 Å². The second-order valence-electron chi connectivity index (χ2n) is 4.93. The topological polar surface area (TPSA) is 32.3 Å². The van der Waals surface area contributed by atoms with Crippen molar-refractivity contribution in [3.8, 4) is 0 Å². The van der Waals surface area contributed by atoms with E-state index >= 15 is 0 Å². The van der Waals surface area contributed by atoms with Gasteiger partial charge in [-0.3, -0.25) is 4.90 Å². The standard InChI is InChI=1S/C16H15FN2O/c1-11-6-8-12(9-7-11)19-15(10-18-16(19)20)13-4-2-3-5-14(13)17/h2-9,15H,10H2,1H3,(H,18,20). The molecule has 1 aliphatic rings. The zero-order valence-corrected chi connectivity index (χ0v) is 11.1. The van der Waals surface area contributed by atoms with Crippen molar-refractivity contribution < 1.29 is 9.18 Å². The first-order chi connectivity index (χ1) is 9.66. The van der Waals surface area contributed by atoms with Gasteiger partial charge in [0.1, 0.15) is 5.82 Å². The molecule has 1 atom stereocenters. The molecule has 1 heterocycles. The van der Waals surface area contributed by atoms with Crippen LogP contribution in [0.5, 0.6) is 0 Å². The Hall–Kier alpha value is -2.36. The maximum Gasteiger partial charge on any atom is 0.322 e. The van der Waals surface area contributed by atoms with E-state index in [1.807, 2.05) is 31.2 Å². The van der Waals surface area contributed by atoms with Gasteiger partial charge in [-0.15, -0.1) is 0 Å².